The summed E-state index contributed by atoms with van der Waals surface area (Å²) >= 11 is 1.01. The summed E-state index contributed by atoms with van der Waals surface area (Å²) in [6.45, 7) is 1.39. The van der Waals surface area contributed by atoms with Crippen molar-refractivity contribution in [3.63, 3.8) is 0 Å². The van der Waals surface area contributed by atoms with Crippen LogP contribution in [0.15, 0.2) is 6.33 Å². The molecule has 1 rings (SSSR count). The third-order valence-corrected chi connectivity index (χ3v) is 3.04. The van der Waals surface area contributed by atoms with Gasteiger partial charge < -0.3 is 20.3 Å². The van der Waals surface area contributed by atoms with Crippen molar-refractivity contribution < 1.29 is 19.9 Å². The van der Waals surface area contributed by atoms with E-state index >= 15 is 0 Å². The first-order valence-electron chi connectivity index (χ1n) is 5.10. The monoisotopic (exact) mass is 275 g/mol. The third kappa shape index (κ3) is 3.79. The highest BCUT2D eigenvalue weighted by molar-refractivity contribution is 8.13. The van der Waals surface area contributed by atoms with Crippen LogP contribution in [0, 0.1) is 10.1 Å². The first kappa shape index (κ1) is 14.6. The lowest BCUT2D eigenvalue weighted by Crippen LogP contribution is -2.20. The average Bonchev–Trinajstić information content (AvgIpc) is 2.76. The Morgan fingerprint density at radius 3 is 2.89 bits per heavy atom. The zero-order valence-electron chi connectivity index (χ0n) is 9.57. The number of thioether (sulfide) groups is 1. The second kappa shape index (κ2) is 6.47. The van der Waals surface area contributed by atoms with Crippen molar-refractivity contribution in [1.82, 2.24) is 9.97 Å². The summed E-state index contributed by atoms with van der Waals surface area (Å²) in [5, 5.41) is 29.9. The number of hydrogen-bond donors (Lipinski definition) is 3. The molecular formula is C9H13N3O5S. The van der Waals surface area contributed by atoms with Gasteiger partial charge in [-0.05, 0) is 11.3 Å². The Labute approximate surface area is 107 Å². The normalized spacial score (nSPS) is 14.2. The molecule has 0 bridgehead atoms. The minimum Gasteiger partial charge on any atom is -0.390 e. The van der Waals surface area contributed by atoms with Gasteiger partial charge in [-0.3, -0.25) is 4.79 Å². The Bertz CT molecular complexity index is 436. The van der Waals surface area contributed by atoms with Gasteiger partial charge in [-0.15, -0.1) is 0 Å². The van der Waals surface area contributed by atoms with E-state index in [-0.39, 0.29) is 17.2 Å². The van der Waals surface area contributed by atoms with Crippen LogP contribution in [-0.2, 0) is 4.79 Å². The number of hydrogen-bond acceptors (Lipinski definition) is 7. The molecule has 1 aromatic rings. The SMILES string of the molecule is CC(=O)SCCC(O)C(O)c1nc[nH]c1[N+](=O)[O-]. The molecule has 0 fully saturated rings. The predicted octanol–water partition coefficient (Wildman–Crippen LogP) is 0.382. The number of aromatic amines is 1. The Kier molecular flexibility index (Phi) is 5.25. The number of H-pyrrole nitrogens is 1. The zero-order valence-corrected chi connectivity index (χ0v) is 10.4. The summed E-state index contributed by atoms with van der Waals surface area (Å²) in [7, 11) is 0. The first-order valence-corrected chi connectivity index (χ1v) is 6.09. The van der Waals surface area contributed by atoms with Crippen molar-refractivity contribution in [1.29, 1.82) is 0 Å². The summed E-state index contributed by atoms with van der Waals surface area (Å²) in [6.07, 6.45) is -1.45. The molecule has 2 atom stereocenters. The maximum Gasteiger partial charge on any atom is 0.346 e. The van der Waals surface area contributed by atoms with E-state index in [0.29, 0.717) is 5.75 Å². The highest BCUT2D eigenvalue weighted by Crippen LogP contribution is 2.25. The zero-order chi connectivity index (χ0) is 13.7. The van der Waals surface area contributed by atoms with Crippen molar-refractivity contribution in [2.45, 2.75) is 25.6 Å². The lowest BCUT2D eigenvalue weighted by atomic mass is 10.1. The molecule has 1 aromatic heterocycles. The Morgan fingerprint density at radius 1 is 1.67 bits per heavy atom. The van der Waals surface area contributed by atoms with E-state index in [1.165, 1.54) is 6.92 Å². The van der Waals surface area contributed by atoms with E-state index in [4.69, 9.17) is 0 Å². The van der Waals surface area contributed by atoms with E-state index in [1.54, 1.807) is 0 Å². The van der Waals surface area contributed by atoms with Crippen LogP contribution in [-0.4, -0.2) is 42.1 Å². The van der Waals surface area contributed by atoms with Gasteiger partial charge in [0.25, 0.3) is 0 Å². The largest absolute Gasteiger partial charge is 0.390 e. The van der Waals surface area contributed by atoms with Crippen molar-refractivity contribution in [2.75, 3.05) is 5.75 Å². The fourth-order valence-electron chi connectivity index (χ4n) is 1.32. The van der Waals surface area contributed by atoms with Gasteiger partial charge in [-0.2, -0.15) is 0 Å². The Balaban J connectivity index is 2.62. The molecule has 0 saturated heterocycles. The van der Waals surface area contributed by atoms with Crippen molar-refractivity contribution in [2.24, 2.45) is 0 Å². The van der Waals surface area contributed by atoms with Crippen LogP contribution >= 0.6 is 11.8 Å². The smallest absolute Gasteiger partial charge is 0.346 e. The van der Waals surface area contributed by atoms with Gasteiger partial charge in [0, 0.05) is 12.7 Å². The standard InChI is InChI=1S/C9H13N3O5S/c1-5(13)18-3-2-6(14)8(15)7-9(12(16)17)11-4-10-7/h4,6,8,14-15H,2-3H2,1H3,(H,10,11). The number of imidazole rings is 1. The van der Waals surface area contributed by atoms with Gasteiger partial charge in [-0.25, -0.2) is 9.97 Å². The molecule has 8 nitrogen and oxygen atoms in total. The summed E-state index contributed by atoms with van der Waals surface area (Å²) in [6, 6.07) is 0. The van der Waals surface area contributed by atoms with E-state index < -0.39 is 22.9 Å². The third-order valence-electron chi connectivity index (χ3n) is 2.19. The van der Waals surface area contributed by atoms with E-state index in [1.807, 2.05) is 0 Å². The second-order valence-corrected chi connectivity index (χ2v) is 4.81. The minimum atomic E-state index is -1.45. The number of rotatable bonds is 6. The van der Waals surface area contributed by atoms with Crippen LogP contribution < -0.4 is 0 Å². The topological polar surface area (TPSA) is 129 Å². The van der Waals surface area contributed by atoms with Gasteiger partial charge in [-0.1, -0.05) is 11.8 Å². The van der Waals surface area contributed by atoms with Crippen molar-refractivity contribution in [3.8, 4) is 0 Å². The molecule has 100 valence electrons. The minimum absolute atomic E-state index is 0.0950. The number of aromatic nitrogens is 2. The number of carbonyl (C=O) groups is 1. The number of nitro groups is 1. The van der Waals surface area contributed by atoms with Crippen molar-refractivity contribution >= 4 is 22.7 Å². The molecular weight excluding hydrogens is 262 g/mol. The quantitative estimate of drug-likeness (QED) is 0.505. The molecule has 1 heterocycles. The van der Waals surface area contributed by atoms with E-state index in [2.05, 4.69) is 9.97 Å². The van der Waals surface area contributed by atoms with Gasteiger partial charge in [0.2, 0.25) is 0 Å². The Morgan fingerprint density at radius 2 is 2.33 bits per heavy atom. The van der Waals surface area contributed by atoms with Gasteiger partial charge in [0.1, 0.15) is 6.10 Å². The number of aliphatic hydroxyl groups excluding tert-OH is 2. The lowest BCUT2D eigenvalue weighted by Gasteiger charge is -2.15. The molecule has 0 spiro atoms. The summed E-state index contributed by atoms with van der Waals surface area (Å²) in [4.78, 5) is 26.5. The molecule has 9 heteroatoms. The highest BCUT2D eigenvalue weighted by atomic mass is 32.2. The summed E-state index contributed by atoms with van der Waals surface area (Å²) in [5.41, 5.74) is -0.208. The summed E-state index contributed by atoms with van der Waals surface area (Å²) in [5.74, 6) is -0.119. The molecule has 18 heavy (non-hydrogen) atoms. The van der Waals surface area contributed by atoms with Crippen LogP contribution in [0.2, 0.25) is 0 Å². The van der Waals surface area contributed by atoms with Crippen LogP contribution in [0.1, 0.15) is 25.1 Å². The number of nitrogens with zero attached hydrogens (tertiary/aromatic N) is 2. The summed E-state index contributed by atoms with van der Waals surface area (Å²) < 4.78 is 0. The first-order chi connectivity index (χ1) is 8.43. The van der Waals surface area contributed by atoms with Crippen molar-refractivity contribution in [3.05, 3.63) is 22.1 Å². The highest BCUT2D eigenvalue weighted by Gasteiger charge is 2.28. The maximum atomic E-state index is 10.7. The fourth-order valence-corrected chi connectivity index (χ4v) is 1.97. The molecule has 0 amide bonds. The molecule has 0 radical (unpaired) electrons. The molecule has 0 aliphatic rings. The number of nitrogens with one attached hydrogen (secondary N) is 1. The number of aliphatic hydroxyl groups is 2. The second-order valence-electron chi connectivity index (χ2n) is 3.53. The Hall–Kier alpha value is -1.45. The van der Waals surface area contributed by atoms with Crippen LogP contribution in [0.5, 0.6) is 0 Å². The maximum absolute atomic E-state index is 10.7. The predicted molar refractivity (Wildman–Crippen MR) is 64.0 cm³/mol. The fraction of sp³-hybridized carbons (Fsp3) is 0.556. The average molecular weight is 275 g/mol. The van der Waals surface area contributed by atoms with Gasteiger partial charge in [0.05, 0.1) is 6.10 Å². The lowest BCUT2D eigenvalue weighted by molar-refractivity contribution is -0.390. The van der Waals surface area contributed by atoms with E-state index in [9.17, 15) is 25.1 Å². The van der Waals surface area contributed by atoms with Gasteiger partial charge >= 0.3 is 5.82 Å². The molecule has 0 aliphatic carbocycles. The molecule has 0 aromatic carbocycles. The van der Waals surface area contributed by atoms with Crippen LogP contribution in [0.25, 0.3) is 0 Å². The molecule has 0 aliphatic heterocycles. The van der Waals surface area contributed by atoms with Crippen LogP contribution in [0.4, 0.5) is 5.82 Å². The molecule has 2 unspecified atom stereocenters. The molecule has 0 saturated carbocycles. The number of carbonyl (C=O) groups excluding carboxylic acids is 1. The van der Waals surface area contributed by atoms with Gasteiger partial charge in [0.15, 0.2) is 17.1 Å². The van der Waals surface area contributed by atoms with Crippen LogP contribution in [0.3, 0.4) is 0 Å². The molecule has 3 N–H and O–H groups in total. The van der Waals surface area contributed by atoms with E-state index in [0.717, 1.165) is 18.1 Å².